The Bertz CT molecular complexity index is 1090. The molecule has 1 saturated heterocycles. The molecule has 9 heteroatoms. The van der Waals surface area contributed by atoms with Gasteiger partial charge < -0.3 is 9.84 Å². The molecule has 2 aromatic carbocycles. The lowest BCUT2D eigenvalue weighted by atomic mass is 9.96. The minimum Gasteiger partial charge on any atom is -0.339 e. The van der Waals surface area contributed by atoms with Crippen molar-refractivity contribution in [2.75, 3.05) is 18.4 Å². The molecule has 1 amide bonds. The van der Waals surface area contributed by atoms with Crippen LogP contribution in [0.1, 0.15) is 31.6 Å². The van der Waals surface area contributed by atoms with E-state index in [9.17, 15) is 9.18 Å². The van der Waals surface area contributed by atoms with E-state index >= 15 is 0 Å². The number of benzene rings is 2. The second-order valence-corrected chi connectivity index (χ2v) is 8.35. The zero-order valence-corrected chi connectivity index (χ0v) is 18.3. The first-order valence-corrected chi connectivity index (χ1v) is 10.8. The van der Waals surface area contributed by atoms with Crippen LogP contribution in [0.4, 0.5) is 10.1 Å². The summed E-state index contributed by atoms with van der Waals surface area (Å²) >= 11 is 12.2. The lowest BCUT2D eigenvalue weighted by Crippen LogP contribution is -2.46. The van der Waals surface area contributed by atoms with E-state index in [-0.39, 0.29) is 23.7 Å². The summed E-state index contributed by atoms with van der Waals surface area (Å²) < 4.78 is 19.0. The minimum atomic E-state index is -0.386. The summed E-state index contributed by atoms with van der Waals surface area (Å²) in [7, 11) is 0. The van der Waals surface area contributed by atoms with Gasteiger partial charge in [0.1, 0.15) is 5.82 Å². The Labute approximate surface area is 189 Å². The fourth-order valence-corrected chi connectivity index (χ4v) is 4.06. The number of nitrogens with one attached hydrogen (secondary N) is 1. The Morgan fingerprint density at radius 3 is 2.90 bits per heavy atom. The number of anilines is 1. The number of piperidine rings is 1. The molecule has 0 spiro atoms. The van der Waals surface area contributed by atoms with E-state index in [1.54, 1.807) is 30.3 Å². The van der Waals surface area contributed by atoms with Crippen LogP contribution in [0.25, 0.3) is 11.4 Å². The van der Waals surface area contributed by atoms with E-state index in [1.165, 1.54) is 12.1 Å². The van der Waals surface area contributed by atoms with Crippen LogP contribution in [0.2, 0.25) is 10.0 Å². The van der Waals surface area contributed by atoms with Gasteiger partial charge in [-0.2, -0.15) is 4.98 Å². The molecule has 1 aliphatic heterocycles. The van der Waals surface area contributed by atoms with Gasteiger partial charge in [0.25, 0.3) is 0 Å². The van der Waals surface area contributed by atoms with Gasteiger partial charge >= 0.3 is 0 Å². The van der Waals surface area contributed by atoms with Gasteiger partial charge in [0, 0.05) is 12.1 Å². The van der Waals surface area contributed by atoms with Crippen molar-refractivity contribution < 1.29 is 13.7 Å². The molecule has 6 nitrogen and oxygen atoms in total. The Kier molecular flexibility index (Phi) is 6.55. The van der Waals surface area contributed by atoms with Crippen molar-refractivity contribution >= 4 is 34.8 Å². The van der Waals surface area contributed by atoms with Crippen molar-refractivity contribution in [3.63, 3.8) is 0 Å². The van der Waals surface area contributed by atoms with E-state index in [0.29, 0.717) is 39.6 Å². The molecule has 1 fully saturated rings. The molecule has 0 bridgehead atoms. The lowest BCUT2D eigenvalue weighted by Gasteiger charge is -2.34. The predicted octanol–water partition coefficient (Wildman–Crippen LogP) is 5.39. The number of nitrogens with zero attached hydrogens (tertiary/aromatic N) is 3. The van der Waals surface area contributed by atoms with Gasteiger partial charge in [0.2, 0.25) is 17.6 Å². The summed E-state index contributed by atoms with van der Waals surface area (Å²) in [6.07, 6.45) is 1.76. The number of carbonyl (C=O) groups excluding carboxylic acids is 1. The highest BCUT2D eigenvalue weighted by atomic mass is 35.5. The number of carbonyl (C=O) groups is 1. The average molecular weight is 463 g/mol. The fraction of sp³-hybridized carbons (Fsp3) is 0.318. The summed E-state index contributed by atoms with van der Waals surface area (Å²) in [5.41, 5.74) is 1.05. The quantitative estimate of drug-likeness (QED) is 0.550. The zero-order valence-electron chi connectivity index (χ0n) is 16.8. The van der Waals surface area contributed by atoms with E-state index in [4.69, 9.17) is 27.7 Å². The Balaban J connectivity index is 1.43. The summed E-state index contributed by atoms with van der Waals surface area (Å²) in [6.45, 7) is 3.23. The minimum absolute atomic E-state index is 0.00596. The number of amides is 1. The molecule has 1 N–H and O–H groups in total. The second-order valence-electron chi connectivity index (χ2n) is 7.57. The first-order chi connectivity index (χ1) is 14.9. The number of hydrogen-bond acceptors (Lipinski definition) is 5. The zero-order chi connectivity index (χ0) is 22.0. The average Bonchev–Trinajstić information content (AvgIpc) is 3.27. The Hall–Kier alpha value is -2.48. The molecule has 2 unspecified atom stereocenters. The predicted molar refractivity (Wildman–Crippen MR) is 118 cm³/mol. The van der Waals surface area contributed by atoms with Crippen LogP contribution in [0.15, 0.2) is 47.0 Å². The number of aromatic nitrogens is 2. The molecule has 31 heavy (non-hydrogen) atoms. The van der Waals surface area contributed by atoms with Crippen LogP contribution in [0.3, 0.4) is 0 Å². The fourth-order valence-electron chi connectivity index (χ4n) is 3.71. The van der Waals surface area contributed by atoms with Crippen molar-refractivity contribution in [2.24, 2.45) is 0 Å². The number of rotatable bonds is 5. The van der Waals surface area contributed by atoms with Gasteiger partial charge in [-0.3, -0.25) is 9.69 Å². The standard InChI is InChI=1S/C22H21Cl2FN4O2/c1-13(21(30)26-18-9-3-8-17(23)19(18)24)29-10-4-6-15(12-29)22-27-20(28-31-22)14-5-2-7-16(25)11-14/h2-3,5,7-9,11,13,15H,4,6,10,12H2,1H3,(H,26,30). The van der Waals surface area contributed by atoms with Crippen molar-refractivity contribution in [3.8, 4) is 11.4 Å². The molecule has 162 valence electrons. The summed E-state index contributed by atoms with van der Waals surface area (Å²) in [6, 6.07) is 10.8. The van der Waals surface area contributed by atoms with Crippen molar-refractivity contribution in [3.05, 3.63) is 64.2 Å². The van der Waals surface area contributed by atoms with Crippen molar-refractivity contribution in [1.29, 1.82) is 0 Å². The Morgan fingerprint density at radius 2 is 2.10 bits per heavy atom. The maximum Gasteiger partial charge on any atom is 0.241 e. The molecule has 1 aromatic heterocycles. The first-order valence-electron chi connectivity index (χ1n) is 10.0. The van der Waals surface area contributed by atoms with Crippen LogP contribution in [-0.2, 0) is 4.79 Å². The van der Waals surface area contributed by atoms with Crippen molar-refractivity contribution in [2.45, 2.75) is 31.7 Å². The highest BCUT2D eigenvalue weighted by Crippen LogP contribution is 2.31. The normalized spacial score (nSPS) is 18.0. The molecule has 2 atom stereocenters. The monoisotopic (exact) mass is 462 g/mol. The maximum atomic E-state index is 13.5. The van der Waals surface area contributed by atoms with Crippen LogP contribution >= 0.6 is 23.2 Å². The molecule has 1 aliphatic rings. The highest BCUT2D eigenvalue weighted by Gasteiger charge is 2.31. The van der Waals surface area contributed by atoms with Crippen molar-refractivity contribution in [1.82, 2.24) is 15.0 Å². The van der Waals surface area contributed by atoms with Crippen LogP contribution < -0.4 is 5.32 Å². The second kappa shape index (κ2) is 9.34. The van der Waals surface area contributed by atoms with Gasteiger partial charge in [-0.15, -0.1) is 0 Å². The summed E-state index contributed by atoms with van der Waals surface area (Å²) in [4.78, 5) is 19.3. The van der Waals surface area contributed by atoms with Crippen LogP contribution in [0.5, 0.6) is 0 Å². The van der Waals surface area contributed by atoms with E-state index in [2.05, 4.69) is 20.4 Å². The van der Waals surface area contributed by atoms with E-state index < -0.39 is 0 Å². The van der Waals surface area contributed by atoms with Gasteiger partial charge in [0.05, 0.1) is 27.7 Å². The Morgan fingerprint density at radius 1 is 1.29 bits per heavy atom. The topological polar surface area (TPSA) is 71.3 Å². The van der Waals surface area contributed by atoms with Gasteiger partial charge in [-0.1, -0.05) is 46.6 Å². The molecule has 3 aromatic rings. The molecular weight excluding hydrogens is 442 g/mol. The van der Waals surface area contributed by atoms with Gasteiger partial charge in [-0.25, -0.2) is 4.39 Å². The van der Waals surface area contributed by atoms with Crippen LogP contribution in [-0.4, -0.2) is 40.1 Å². The summed E-state index contributed by atoms with van der Waals surface area (Å²) in [5.74, 6) is 0.319. The third-order valence-electron chi connectivity index (χ3n) is 5.46. The molecule has 0 aliphatic carbocycles. The van der Waals surface area contributed by atoms with Gasteiger partial charge in [-0.05, 0) is 50.6 Å². The third kappa shape index (κ3) is 4.89. The molecule has 2 heterocycles. The number of halogens is 3. The first kappa shape index (κ1) is 21.7. The number of likely N-dealkylation sites (tertiary alicyclic amines) is 1. The highest BCUT2D eigenvalue weighted by molar-refractivity contribution is 6.44. The molecule has 0 saturated carbocycles. The molecular formula is C22H21Cl2FN4O2. The smallest absolute Gasteiger partial charge is 0.241 e. The van der Waals surface area contributed by atoms with Gasteiger partial charge in [0.15, 0.2) is 0 Å². The maximum absolute atomic E-state index is 13.5. The third-order valence-corrected chi connectivity index (χ3v) is 6.28. The lowest BCUT2D eigenvalue weighted by molar-refractivity contribution is -0.121. The van der Waals surface area contributed by atoms with Crippen LogP contribution in [0, 0.1) is 5.82 Å². The van der Waals surface area contributed by atoms with E-state index in [1.807, 2.05) is 6.92 Å². The number of hydrogen-bond donors (Lipinski definition) is 1. The molecule has 4 rings (SSSR count). The summed E-state index contributed by atoms with van der Waals surface area (Å²) in [5, 5.41) is 7.55. The molecule has 0 radical (unpaired) electrons. The van der Waals surface area contributed by atoms with E-state index in [0.717, 1.165) is 19.4 Å². The largest absolute Gasteiger partial charge is 0.339 e. The SMILES string of the molecule is CC(C(=O)Nc1cccc(Cl)c1Cl)N1CCCC(c2nc(-c3cccc(F)c3)no2)C1.